The summed E-state index contributed by atoms with van der Waals surface area (Å²) < 4.78 is 52.4. The molecule has 3 nitrogen and oxygen atoms in total. The summed E-state index contributed by atoms with van der Waals surface area (Å²) in [5.41, 5.74) is 0.193. The summed E-state index contributed by atoms with van der Waals surface area (Å²) in [5, 5.41) is 1.94. The summed E-state index contributed by atoms with van der Waals surface area (Å²) in [4.78, 5) is 11.6. The molecule has 100 valence electrons. The van der Waals surface area contributed by atoms with Crippen molar-refractivity contribution in [3.05, 3.63) is 29.3 Å². The number of hydrogen-bond donors (Lipinski definition) is 1. The van der Waals surface area contributed by atoms with Crippen molar-refractivity contribution in [2.75, 3.05) is 6.54 Å². The predicted octanol–water partition coefficient (Wildman–Crippen LogP) is 2.59. The first-order valence-corrected chi connectivity index (χ1v) is 5.02. The summed E-state index contributed by atoms with van der Waals surface area (Å²) >= 11 is 0. The van der Waals surface area contributed by atoms with E-state index in [2.05, 4.69) is 4.74 Å². The van der Waals surface area contributed by atoms with Crippen LogP contribution in [0.2, 0.25) is 0 Å². The fraction of sp³-hybridized carbons (Fsp3) is 0.364. The minimum absolute atomic E-state index is 0.168. The molecule has 0 aliphatic carbocycles. The fourth-order valence-electron chi connectivity index (χ4n) is 1.38. The lowest BCUT2D eigenvalue weighted by Gasteiger charge is -2.13. The second-order valence-corrected chi connectivity index (χ2v) is 3.43. The Morgan fingerprint density at radius 3 is 2.56 bits per heavy atom. The Morgan fingerprint density at radius 2 is 2.00 bits per heavy atom. The Labute approximate surface area is 101 Å². The van der Waals surface area contributed by atoms with Crippen LogP contribution in [0.15, 0.2) is 18.2 Å². The third-order valence-electron chi connectivity index (χ3n) is 2.09. The van der Waals surface area contributed by atoms with Crippen LogP contribution in [0.25, 0.3) is 0 Å². The molecule has 0 fully saturated rings. The molecule has 18 heavy (non-hydrogen) atoms. The molecule has 1 N–H and O–H groups in total. The van der Waals surface area contributed by atoms with E-state index in [4.69, 9.17) is 0 Å². The van der Waals surface area contributed by atoms with E-state index in [1.807, 2.05) is 5.32 Å². The Bertz CT molecular complexity index is 424. The lowest BCUT2D eigenvalue weighted by molar-refractivity contribution is -0.0502. The van der Waals surface area contributed by atoms with Gasteiger partial charge in [-0.1, -0.05) is 12.1 Å². The van der Waals surface area contributed by atoms with E-state index in [1.165, 1.54) is 25.1 Å². The number of ether oxygens (including phenoxy) is 1. The van der Waals surface area contributed by atoms with Crippen LogP contribution in [0, 0.1) is 6.92 Å². The van der Waals surface area contributed by atoms with E-state index in [0.717, 1.165) is 0 Å². The van der Waals surface area contributed by atoms with Crippen LogP contribution in [0.4, 0.5) is 17.6 Å². The van der Waals surface area contributed by atoms with Crippen molar-refractivity contribution in [3.63, 3.8) is 0 Å². The number of nitrogens with one attached hydrogen (secondary N) is 1. The molecule has 0 spiro atoms. The maximum Gasteiger partial charge on any atom is 0.387 e. The van der Waals surface area contributed by atoms with Gasteiger partial charge in [-0.05, 0) is 18.6 Å². The van der Waals surface area contributed by atoms with Gasteiger partial charge in [0.15, 0.2) is 0 Å². The number of rotatable bonds is 5. The number of halogens is 4. The maximum atomic E-state index is 12.1. The quantitative estimate of drug-likeness (QED) is 0.831. The molecule has 1 rings (SSSR count). The summed E-state index contributed by atoms with van der Waals surface area (Å²) in [6.45, 7) is -2.44. The number of benzene rings is 1. The van der Waals surface area contributed by atoms with Crippen molar-refractivity contribution in [1.82, 2.24) is 5.32 Å². The van der Waals surface area contributed by atoms with Crippen molar-refractivity contribution < 1.29 is 27.1 Å². The number of amides is 1. The average molecular weight is 265 g/mol. The van der Waals surface area contributed by atoms with Gasteiger partial charge < -0.3 is 10.1 Å². The minimum Gasteiger partial charge on any atom is -0.434 e. The maximum absolute atomic E-state index is 12.1. The molecule has 7 heteroatoms. The lowest BCUT2D eigenvalue weighted by atomic mass is 10.1. The molecule has 0 saturated heterocycles. The summed E-state index contributed by atoms with van der Waals surface area (Å²) in [5.74, 6) is -1.21. The standard InChI is InChI=1S/C11H11F4NO2/c1-6-3-2-4-7(18-11(14)15)9(6)10(17)16-5-8(12)13/h2-4,8,11H,5H2,1H3,(H,16,17). The van der Waals surface area contributed by atoms with Crippen LogP contribution in [0.3, 0.4) is 0 Å². The molecule has 1 aromatic rings. The summed E-state index contributed by atoms with van der Waals surface area (Å²) in [6, 6.07) is 4.10. The highest BCUT2D eigenvalue weighted by Gasteiger charge is 2.18. The van der Waals surface area contributed by atoms with Crippen LogP contribution >= 0.6 is 0 Å². The molecule has 1 aromatic carbocycles. The predicted molar refractivity (Wildman–Crippen MR) is 56.1 cm³/mol. The first-order valence-electron chi connectivity index (χ1n) is 5.02. The van der Waals surface area contributed by atoms with Crippen LogP contribution in [0.5, 0.6) is 5.75 Å². The van der Waals surface area contributed by atoms with E-state index in [0.29, 0.717) is 5.56 Å². The molecular formula is C11H11F4NO2. The van der Waals surface area contributed by atoms with Gasteiger partial charge in [-0.15, -0.1) is 0 Å². The van der Waals surface area contributed by atoms with Gasteiger partial charge in [-0.3, -0.25) is 4.79 Å². The summed E-state index contributed by atoms with van der Waals surface area (Å²) in [6.07, 6.45) is -2.71. The van der Waals surface area contributed by atoms with E-state index in [-0.39, 0.29) is 11.3 Å². The van der Waals surface area contributed by atoms with Gasteiger partial charge in [-0.25, -0.2) is 8.78 Å². The number of aryl methyl sites for hydroxylation is 1. The Hall–Kier alpha value is -1.79. The molecule has 0 saturated carbocycles. The van der Waals surface area contributed by atoms with Gasteiger partial charge in [-0.2, -0.15) is 8.78 Å². The van der Waals surface area contributed by atoms with E-state index in [1.54, 1.807) is 0 Å². The van der Waals surface area contributed by atoms with Crippen molar-refractivity contribution in [3.8, 4) is 5.75 Å². The van der Waals surface area contributed by atoms with Crippen LogP contribution in [0.1, 0.15) is 15.9 Å². The van der Waals surface area contributed by atoms with Crippen molar-refractivity contribution >= 4 is 5.91 Å². The van der Waals surface area contributed by atoms with Crippen molar-refractivity contribution in [2.24, 2.45) is 0 Å². The van der Waals surface area contributed by atoms with E-state index < -0.39 is 25.5 Å². The molecule has 0 aromatic heterocycles. The van der Waals surface area contributed by atoms with E-state index >= 15 is 0 Å². The third kappa shape index (κ3) is 3.90. The van der Waals surface area contributed by atoms with Crippen LogP contribution in [-0.2, 0) is 0 Å². The normalized spacial score (nSPS) is 10.8. The molecule has 0 bridgehead atoms. The van der Waals surface area contributed by atoms with Gasteiger partial charge in [0.1, 0.15) is 5.75 Å². The Morgan fingerprint density at radius 1 is 1.33 bits per heavy atom. The number of hydrogen-bond acceptors (Lipinski definition) is 2. The molecule has 0 unspecified atom stereocenters. The molecular weight excluding hydrogens is 254 g/mol. The smallest absolute Gasteiger partial charge is 0.387 e. The lowest BCUT2D eigenvalue weighted by Crippen LogP contribution is -2.29. The Kier molecular flexibility index (Phi) is 4.94. The second kappa shape index (κ2) is 6.23. The van der Waals surface area contributed by atoms with Crippen LogP contribution < -0.4 is 10.1 Å². The average Bonchev–Trinajstić information content (AvgIpc) is 2.25. The molecule has 0 aliphatic heterocycles. The summed E-state index contributed by atoms with van der Waals surface area (Å²) in [7, 11) is 0. The number of carbonyl (C=O) groups is 1. The van der Waals surface area contributed by atoms with Gasteiger partial charge in [0.05, 0.1) is 12.1 Å². The zero-order valence-corrected chi connectivity index (χ0v) is 9.42. The van der Waals surface area contributed by atoms with Gasteiger partial charge in [0, 0.05) is 0 Å². The molecule has 0 heterocycles. The van der Waals surface area contributed by atoms with Gasteiger partial charge >= 0.3 is 6.61 Å². The first kappa shape index (κ1) is 14.3. The fourth-order valence-corrected chi connectivity index (χ4v) is 1.38. The number of carbonyl (C=O) groups excluding carboxylic acids is 1. The molecule has 0 aliphatic rings. The monoisotopic (exact) mass is 265 g/mol. The topological polar surface area (TPSA) is 38.3 Å². The van der Waals surface area contributed by atoms with E-state index in [9.17, 15) is 22.4 Å². The Balaban J connectivity index is 2.94. The first-order chi connectivity index (χ1) is 8.41. The minimum atomic E-state index is -3.09. The molecule has 0 radical (unpaired) electrons. The number of alkyl halides is 4. The zero-order chi connectivity index (χ0) is 13.7. The zero-order valence-electron chi connectivity index (χ0n) is 9.42. The highest BCUT2D eigenvalue weighted by atomic mass is 19.3. The van der Waals surface area contributed by atoms with Crippen molar-refractivity contribution in [2.45, 2.75) is 20.0 Å². The molecule has 0 atom stereocenters. The molecule has 1 amide bonds. The SMILES string of the molecule is Cc1cccc(OC(F)F)c1C(=O)NCC(F)F. The van der Waals surface area contributed by atoms with Gasteiger partial charge in [0.2, 0.25) is 0 Å². The third-order valence-corrected chi connectivity index (χ3v) is 2.09. The van der Waals surface area contributed by atoms with Crippen LogP contribution in [-0.4, -0.2) is 25.5 Å². The largest absolute Gasteiger partial charge is 0.434 e. The second-order valence-electron chi connectivity index (χ2n) is 3.43. The van der Waals surface area contributed by atoms with Gasteiger partial charge in [0.25, 0.3) is 12.3 Å². The van der Waals surface area contributed by atoms with Crippen molar-refractivity contribution in [1.29, 1.82) is 0 Å². The highest BCUT2D eigenvalue weighted by Crippen LogP contribution is 2.23. The highest BCUT2D eigenvalue weighted by molar-refractivity contribution is 5.98.